The lowest BCUT2D eigenvalue weighted by Crippen LogP contribution is -2.32. The number of para-hydroxylation sites is 2. The molecule has 0 atom stereocenters. The maximum Gasteiger partial charge on any atom is 0.335 e. The van der Waals surface area contributed by atoms with E-state index in [1.165, 1.54) is 13.3 Å². The highest BCUT2D eigenvalue weighted by molar-refractivity contribution is 5.82. The molecular formula is C18H22N4O4. The number of hydrogen-bond donors (Lipinski definition) is 2. The van der Waals surface area contributed by atoms with Crippen molar-refractivity contribution in [2.24, 2.45) is 5.10 Å². The van der Waals surface area contributed by atoms with E-state index in [1.54, 1.807) is 24.3 Å². The Morgan fingerprint density at radius 2 is 1.85 bits per heavy atom. The van der Waals surface area contributed by atoms with Gasteiger partial charge < -0.3 is 9.84 Å². The van der Waals surface area contributed by atoms with Crippen LogP contribution in [-0.4, -0.2) is 46.1 Å². The van der Waals surface area contributed by atoms with Crippen molar-refractivity contribution in [3.8, 4) is 17.3 Å². The van der Waals surface area contributed by atoms with Gasteiger partial charge in [-0.1, -0.05) is 25.0 Å². The number of aromatic amines is 1. The van der Waals surface area contributed by atoms with Crippen molar-refractivity contribution in [2.45, 2.75) is 25.7 Å². The fourth-order valence-electron chi connectivity index (χ4n) is 3.00. The highest BCUT2D eigenvalue weighted by Gasteiger charge is 2.17. The van der Waals surface area contributed by atoms with Gasteiger partial charge in [-0.3, -0.25) is 14.8 Å². The number of ether oxygens (including phenoxy) is 1. The first-order valence-electron chi connectivity index (χ1n) is 8.62. The van der Waals surface area contributed by atoms with E-state index >= 15 is 0 Å². The van der Waals surface area contributed by atoms with Gasteiger partial charge in [-0.25, -0.2) is 9.36 Å². The van der Waals surface area contributed by atoms with Gasteiger partial charge >= 0.3 is 5.69 Å². The summed E-state index contributed by atoms with van der Waals surface area (Å²) in [6.45, 7) is 1.61. The number of nitrogens with one attached hydrogen (secondary N) is 1. The number of methoxy groups -OCH3 is 1. The quantitative estimate of drug-likeness (QED) is 0.806. The Morgan fingerprint density at radius 1 is 1.15 bits per heavy atom. The summed E-state index contributed by atoms with van der Waals surface area (Å²) in [5.74, 6) is -0.0748. The third-order valence-corrected chi connectivity index (χ3v) is 4.38. The summed E-state index contributed by atoms with van der Waals surface area (Å²) in [7, 11) is 1.47. The summed E-state index contributed by atoms with van der Waals surface area (Å²) in [5, 5.41) is 16.8. The van der Waals surface area contributed by atoms with Crippen LogP contribution in [0.25, 0.3) is 5.69 Å². The molecule has 0 unspecified atom stereocenters. The Kier molecular flexibility index (Phi) is 5.40. The zero-order chi connectivity index (χ0) is 18.5. The molecule has 8 heteroatoms. The van der Waals surface area contributed by atoms with Gasteiger partial charge in [0.1, 0.15) is 11.3 Å². The summed E-state index contributed by atoms with van der Waals surface area (Å²) in [4.78, 5) is 26.7. The second-order valence-corrected chi connectivity index (χ2v) is 6.12. The third kappa shape index (κ3) is 3.63. The van der Waals surface area contributed by atoms with Gasteiger partial charge in [0, 0.05) is 13.1 Å². The molecule has 0 bridgehead atoms. The Labute approximate surface area is 150 Å². The summed E-state index contributed by atoms with van der Waals surface area (Å²) in [6, 6.07) is 6.74. The Morgan fingerprint density at radius 3 is 2.54 bits per heavy atom. The van der Waals surface area contributed by atoms with E-state index in [-0.39, 0.29) is 5.56 Å². The third-order valence-electron chi connectivity index (χ3n) is 4.38. The topological polar surface area (TPSA) is 99.9 Å². The molecule has 0 amide bonds. The lowest BCUT2D eigenvalue weighted by atomic mass is 10.2. The molecule has 138 valence electrons. The Hall–Kier alpha value is -3.03. The molecule has 1 fully saturated rings. The average Bonchev–Trinajstić information content (AvgIpc) is 2.90. The molecule has 26 heavy (non-hydrogen) atoms. The number of hydrazone groups is 1. The minimum atomic E-state index is -0.746. The van der Waals surface area contributed by atoms with Crippen molar-refractivity contribution in [3.05, 3.63) is 50.7 Å². The van der Waals surface area contributed by atoms with E-state index in [1.807, 2.05) is 5.01 Å². The minimum Gasteiger partial charge on any atom is -0.495 e. The van der Waals surface area contributed by atoms with Crippen LogP contribution < -0.4 is 16.0 Å². The predicted octanol–water partition coefficient (Wildman–Crippen LogP) is 1.45. The largest absolute Gasteiger partial charge is 0.495 e. The normalized spacial score (nSPS) is 15.2. The molecule has 1 aromatic heterocycles. The molecule has 0 radical (unpaired) electrons. The fourth-order valence-corrected chi connectivity index (χ4v) is 3.00. The second kappa shape index (κ2) is 7.90. The molecule has 3 rings (SSSR count). The Balaban J connectivity index is 2.04. The van der Waals surface area contributed by atoms with Gasteiger partial charge in [-0.2, -0.15) is 5.10 Å². The number of rotatable bonds is 4. The van der Waals surface area contributed by atoms with Gasteiger partial charge in [0.15, 0.2) is 0 Å². The average molecular weight is 358 g/mol. The zero-order valence-electron chi connectivity index (χ0n) is 14.6. The summed E-state index contributed by atoms with van der Waals surface area (Å²) < 4.78 is 6.25. The number of aromatic nitrogens is 2. The van der Waals surface area contributed by atoms with Crippen molar-refractivity contribution in [3.63, 3.8) is 0 Å². The maximum atomic E-state index is 12.3. The SMILES string of the molecule is COc1ccccc1-n1c(O)c(/C=N/N2CCCCCC2)c(=O)[nH]c1=O. The van der Waals surface area contributed by atoms with Crippen molar-refractivity contribution >= 4 is 6.21 Å². The first kappa shape index (κ1) is 17.8. The van der Waals surface area contributed by atoms with E-state index in [2.05, 4.69) is 10.1 Å². The van der Waals surface area contributed by atoms with Crippen molar-refractivity contribution in [1.82, 2.24) is 14.6 Å². The van der Waals surface area contributed by atoms with Crippen LogP contribution in [0.3, 0.4) is 0 Å². The molecule has 1 saturated heterocycles. The molecule has 0 spiro atoms. The van der Waals surface area contributed by atoms with Gasteiger partial charge in [0.25, 0.3) is 5.56 Å². The molecule has 1 aliphatic heterocycles. The van der Waals surface area contributed by atoms with Gasteiger partial charge in [-0.05, 0) is 25.0 Å². The highest BCUT2D eigenvalue weighted by atomic mass is 16.5. The molecule has 2 aromatic rings. The number of nitrogens with zero attached hydrogens (tertiary/aromatic N) is 3. The van der Waals surface area contributed by atoms with E-state index in [0.29, 0.717) is 11.4 Å². The van der Waals surface area contributed by atoms with Crippen LogP contribution in [0.15, 0.2) is 39.0 Å². The molecule has 0 aliphatic carbocycles. The smallest absolute Gasteiger partial charge is 0.335 e. The summed E-state index contributed by atoms with van der Waals surface area (Å²) in [5.41, 5.74) is -1.17. The van der Waals surface area contributed by atoms with Crippen molar-refractivity contribution < 1.29 is 9.84 Å². The number of benzene rings is 1. The van der Waals surface area contributed by atoms with Crippen LogP contribution in [0.5, 0.6) is 11.6 Å². The van der Waals surface area contributed by atoms with Crippen LogP contribution in [-0.2, 0) is 0 Å². The molecule has 1 aliphatic rings. The van der Waals surface area contributed by atoms with Crippen LogP contribution in [0.1, 0.15) is 31.2 Å². The van der Waals surface area contributed by atoms with E-state index in [4.69, 9.17) is 4.74 Å². The Bertz CT molecular complexity index is 908. The van der Waals surface area contributed by atoms with E-state index in [9.17, 15) is 14.7 Å². The van der Waals surface area contributed by atoms with Crippen LogP contribution >= 0.6 is 0 Å². The van der Waals surface area contributed by atoms with Crippen molar-refractivity contribution in [1.29, 1.82) is 0 Å². The highest BCUT2D eigenvalue weighted by Crippen LogP contribution is 2.24. The lowest BCUT2D eigenvalue weighted by molar-refractivity contribution is 0.302. The lowest BCUT2D eigenvalue weighted by Gasteiger charge is -2.16. The van der Waals surface area contributed by atoms with Gasteiger partial charge in [-0.15, -0.1) is 0 Å². The monoisotopic (exact) mass is 358 g/mol. The minimum absolute atomic E-state index is 0.0697. The summed E-state index contributed by atoms with van der Waals surface area (Å²) >= 11 is 0. The first-order valence-corrected chi connectivity index (χ1v) is 8.62. The number of aromatic hydroxyl groups is 1. The van der Waals surface area contributed by atoms with E-state index < -0.39 is 17.1 Å². The second-order valence-electron chi connectivity index (χ2n) is 6.12. The fraction of sp³-hybridized carbons (Fsp3) is 0.389. The van der Waals surface area contributed by atoms with Crippen molar-refractivity contribution in [2.75, 3.05) is 20.2 Å². The number of hydrogen-bond acceptors (Lipinski definition) is 6. The van der Waals surface area contributed by atoms with E-state index in [0.717, 1.165) is 43.3 Å². The molecule has 1 aromatic carbocycles. The first-order chi connectivity index (χ1) is 12.6. The molecule has 0 saturated carbocycles. The molecule has 2 N–H and O–H groups in total. The van der Waals surface area contributed by atoms with Crippen LogP contribution in [0.4, 0.5) is 0 Å². The van der Waals surface area contributed by atoms with Gasteiger partial charge in [0.2, 0.25) is 5.88 Å². The molecular weight excluding hydrogens is 336 g/mol. The molecule has 8 nitrogen and oxygen atoms in total. The molecule has 2 heterocycles. The van der Waals surface area contributed by atoms with Gasteiger partial charge in [0.05, 0.1) is 19.0 Å². The number of H-pyrrole nitrogens is 1. The van der Waals surface area contributed by atoms with Crippen LogP contribution in [0, 0.1) is 0 Å². The predicted molar refractivity (Wildman–Crippen MR) is 98.5 cm³/mol. The summed E-state index contributed by atoms with van der Waals surface area (Å²) in [6.07, 6.45) is 5.72. The standard InChI is InChI=1S/C18H22N4O4/c1-26-15-9-5-4-8-14(15)22-17(24)13(16(23)20-18(22)25)12-19-21-10-6-2-3-7-11-21/h4-5,8-9,12,24H,2-3,6-7,10-11H2,1H3,(H,20,23,25)/b19-12+. The zero-order valence-corrected chi connectivity index (χ0v) is 14.6. The van der Waals surface area contributed by atoms with Crippen LogP contribution in [0.2, 0.25) is 0 Å². The maximum absolute atomic E-state index is 12.3.